The van der Waals surface area contributed by atoms with Crippen molar-refractivity contribution in [2.45, 2.75) is 62.6 Å². The minimum absolute atomic E-state index is 0.0360. The first-order valence-corrected chi connectivity index (χ1v) is 8.69. The van der Waals surface area contributed by atoms with E-state index >= 15 is 0 Å². The summed E-state index contributed by atoms with van der Waals surface area (Å²) in [5, 5.41) is 3.41. The van der Waals surface area contributed by atoms with E-state index in [9.17, 15) is 8.78 Å². The summed E-state index contributed by atoms with van der Waals surface area (Å²) in [6.45, 7) is 1.63. The van der Waals surface area contributed by atoms with E-state index in [0.29, 0.717) is 6.61 Å². The normalized spacial score (nSPS) is 32.0. The third-order valence-corrected chi connectivity index (χ3v) is 5.23. The second-order valence-electron chi connectivity index (χ2n) is 6.81. The van der Waals surface area contributed by atoms with E-state index in [1.54, 1.807) is 0 Å². The number of nitrogens with two attached hydrogens (primary N) is 1. The third kappa shape index (κ3) is 4.08. The summed E-state index contributed by atoms with van der Waals surface area (Å²) in [5.41, 5.74) is 6.35. The lowest BCUT2D eigenvalue weighted by Gasteiger charge is -2.33. The van der Waals surface area contributed by atoms with Gasteiger partial charge in [0.05, 0.1) is 12.7 Å². The minimum atomic E-state index is -0.424. The Morgan fingerprint density at radius 2 is 1.78 bits per heavy atom. The average molecular weight is 324 g/mol. The SMILES string of the molecule is NC1CCCN[C@H]1CO[C@H]1CC[C@@H](c2c(F)cccc2F)CC1. The van der Waals surface area contributed by atoms with Crippen LogP contribution in [0.4, 0.5) is 8.78 Å². The number of hydrogen-bond donors (Lipinski definition) is 2. The molecule has 1 aliphatic carbocycles. The van der Waals surface area contributed by atoms with Crippen molar-refractivity contribution >= 4 is 0 Å². The third-order valence-electron chi connectivity index (χ3n) is 5.23. The fourth-order valence-corrected chi connectivity index (χ4v) is 3.82. The van der Waals surface area contributed by atoms with E-state index in [4.69, 9.17) is 10.5 Å². The van der Waals surface area contributed by atoms with Crippen LogP contribution in [0.25, 0.3) is 0 Å². The first kappa shape index (κ1) is 16.8. The number of ether oxygens (including phenoxy) is 1. The van der Waals surface area contributed by atoms with Gasteiger partial charge in [-0.25, -0.2) is 8.78 Å². The monoisotopic (exact) mass is 324 g/mol. The Balaban J connectivity index is 1.49. The van der Waals surface area contributed by atoms with Crippen molar-refractivity contribution in [1.29, 1.82) is 0 Å². The number of piperidine rings is 1. The molecule has 0 radical (unpaired) electrons. The Morgan fingerprint density at radius 3 is 2.43 bits per heavy atom. The second kappa shape index (κ2) is 7.69. The molecule has 1 saturated carbocycles. The molecule has 0 amide bonds. The molecule has 3 rings (SSSR count). The van der Waals surface area contributed by atoms with E-state index < -0.39 is 11.6 Å². The van der Waals surface area contributed by atoms with Crippen molar-refractivity contribution in [2.75, 3.05) is 13.2 Å². The van der Waals surface area contributed by atoms with Crippen LogP contribution in [0.15, 0.2) is 18.2 Å². The molecule has 1 aliphatic heterocycles. The van der Waals surface area contributed by atoms with Crippen LogP contribution < -0.4 is 11.1 Å². The first-order valence-electron chi connectivity index (χ1n) is 8.69. The van der Waals surface area contributed by atoms with E-state index in [1.165, 1.54) is 18.2 Å². The molecule has 2 aliphatic rings. The maximum Gasteiger partial charge on any atom is 0.129 e. The smallest absolute Gasteiger partial charge is 0.129 e. The minimum Gasteiger partial charge on any atom is -0.377 e. The number of benzene rings is 1. The average Bonchev–Trinajstić information content (AvgIpc) is 2.55. The quantitative estimate of drug-likeness (QED) is 0.895. The number of hydrogen-bond acceptors (Lipinski definition) is 3. The second-order valence-corrected chi connectivity index (χ2v) is 6.81. The van der Waals surface area contributed by atoms with Crippen LogP contribution in [0.1, 0.15) is 50.0 Å². The van der Waals surface area contributed by atoms with Crippen LogP contribution in [0, 0.1) is 11.6 Å². The molecule has 1 aromatic rings. The molecule has 3 N–H and O–H groups in total. The summed E-state index contributed by atoms with van der Waals surface area (Å²) in [6, 6.07) is 4.50. The van der Waals surface area contributed by atoms with Crippen LogP contribution in [-0.2, 0) is 4.74 Å². The molecule has 0 spiro atoms. The van der Waals surface area contributed by atoms with Gasteiger partial charge in [-0.3, -0.25) is 0 Å². The van der Waals surface area contributed by atoms with Crippen molar-refractivity contribution in [2.24, 2.45) is 5.73 Å². The fraction of sp³-hybridized carbons (Fsp3) is 0.667. The molecule has 1 heterocycles. The summed E-state index contributed by atoms with van der Waals surface area (Å²) in [5.74, 6) is -0.885. The Kier molecular flexibility index (Phi) is 5.62. The van der Waals surface area contributed by atoms with Crippen LogP contribution in [-0.4, -0.2) is 31.3 Å². The Labute approximate surface area is 136 Å². The Morgan fingerprint density at radius 1 is 1.09 bits per heavy atom. The highest BCUT2D eigenvalue weighted by Crippen LogP contribution is 2.36. The molecule has 1 unspecified atom stereocenters. The maximum atomic E-state index is 13.9. The fourth-order valence-electron chi connectivity index (χ4n) is 3.82. The van der Waals surface area contributed by atoms with Crippen LogP contribution in [0.5, 0.6) is 0 Å². The topological polar surface area (TPSA) is 47.3 Å². The van der Waals surface area contributed by atoms with E-state index in [-0.39, 0.29) is 29.7 Å². The first-order chi connectivity index (χ1) is 11.1. The largest absolute Gasteiger partial charge is 0.377 e. The van der Waals surface area contributed by atoms with E-state index in [0.717, 1.165) is 45.1 Å². The molecule has 0 bridgehead atoms. The molecule has 1 saturated heterocycles. The summed E-state index contributed by atoms with van der Waals surface area (Å²) in [7, 11) is 0. The zero-order valence-corrected chi connectivity index (χ0v) is 13.4. The van der Waals surface area contributed by atoms with Gasteiger partial charge in [-0.2, -0.15) is 0 Å². The highest BCUT2D eigenvalue weighted by atomic mass is 19.1. The van der Waals surface area contributed by atoms with Crippen LogP contribution >= 0.6 is 0 Å². The Hall–Kier alpha value is -1.04. The summed E-state index contributed by atoms with van der Waals surface area (Å²) in [4.78, 5) is 0. The van der Waals surface area contributed by atoms with Crippen molar-refractivity contribution in [3.05, 3.63) is 35.4 Å². The lowest BCUT2D eigenvalue weighted by atomic mass is 9.82. The lowest BCUT2D eigenvalue weighted by Crippen LogP contribution is -2.52. The predicted molar refractivity (Wildman–Crippen MR) is 86.3 cm³/mol. The molecule has 23 heavy (non-hydrogen) atoms. The zero-order valence-electron chi connectivity index (χ0n) is 13.4. The standard InChI is InChI=1S/C18H26F2N2O/c19-14-3-1-4-15(20)18(14)12-6-8-13(9-7-12)23-11-17-16(21)5-2-10-22-17/h1,3-4,12-13,16-17,22H,2,5-11,21H2/t12-,13+,16?,17-/m0/s1. The van der Waals surface area contributed by atoms with Gasteiger partial charge in [-0.05, 0) is 63.1 Å². The highest BCUT2D eigenvalue weighted by Gasteiger charge is 2.28. The number of rotatable bonds is 4. The van der Waals surface area contributed by atoms with Crippen molar-refractivity contribution in [3.8, 4) is 0 Å². The molecule has 2 atom stereocenters. The van der Waals surface area contributed by atoms with Gasteiger partial charge in [0, 0.05) is 17.6 Å². The number of halogens is 2. The Bertz CT molecular complexity index is 497. The van der Waals surface area contributed by atoms with E-state index in [1.807, 2.05) is 0 Å². The zero-order chi connectivity index (χ0) is 16.2. The molecule has 128 valence electrons. The van der Waals surface area contributed by atoms with Gasteiger partial charge in [-0.15, -0.1) is 0 Å². The van der Waals surface area contributed by atoms with Crippen LogP contribution in [0.3, 0.4) is 0 Å². The van der Waals surface area contributed by atoms with Gasteiger partial charge in [0.2, 0.25) is 0 Å². The summed E-state index contributed by atoms with van der Waals surface area (Å²) in [6.07, 6.45) is 5.58. The van der Waals surface area contributed by atoms with Gasteiger partial charge >= 0.3 is 0 Å². The molecule has 3 nitrogen and oxygen atoms in total. The maximum absolute atomic E-state index is 13.9. The predicted octanol–water partition coefficient (Wildman–Crippen LogP) is 3.09. The van der Waals surface area contributed by atoms with Gasteiger partial charge in [0.1, 0.15) is 11.6 Å². The van der Waals surface area contributed by atoms with Crippen LogP contribution in [0.2, 0.25) is 0 Å². The summed E-state index contributed by atoms with van der Waals surface area (Å²) < 4.78 is 33.8. The van der Waals surface area contributed by atoms with Crippen molar-refractivity contribution < 1.29 is 13.5 Å². The molecular weight excluding hydrogens is 298 g/mol. The molecule has 1 aromatic carbocycles. The lowest BCUT2D eigenvalue weighted by molar-refractivity contribution is 0.00584. The van der Waals surface area contributed by atoms with Crippen molar-refractivity contribution in [1.82, 2.24) is 5.32 Å². The molecular formula is C18H26F2N2O. The van der Waals surface area contributed by atoms with E-state index in [2.05, 4.69) is 5.32 Å². The van der Waals surface area contributed by atoms with Gasteiger partial charge in [0.15, 0.2) is 0 Å². The number of nitrogens with one attached hydrogen (secondary N) is 1. The highest BCUT2D eigenvalue weighted by molar-refractivity contribution is 5.24. The molecule has 2 fully saturated rings. The van der Waals surface area contributed by atoms with Gasteiger partial charge in [0.25, 0.3) is 0 Å². The van der Waals surface area contributed by atoms with Crippen molar-refractivity contribution in [3.63, 3.8) is 0 Å². The van der Waals surface area contributed by atoms with Gasteiger partial charge in [-0.1, -0.05) is 6.07 Å². The molecule has 0 aromatic heterocycles. The van der Waals surface area contributed by atoms with Gasteiger partial charge < -0.3 is 15.8 Å². The summed E-state index contributed by atoms with van der Waals surface area (Å²) >= 11 is 0. The molecule has 5 heteroatoms.